The zero-order valence-electron chi connectivity index (χ0n) is 12.2. The van der Waals surface area contributed by atoms with E-state index in [1.807, 2.05) is 24.4 Å². The predicted octanol–water partition coefficient (Wildman–Crippen LogP) is 2.59. The van der Waals surface area contributed by atoms with Gasteiger partial charge in [-0.05, 0) is 25.1 Å². The smallest absolute Gasteiger partial charge is 0.131 e. The Morgan fingerprint density at radius 3 is 2.80 bits per heavy atom. The number of aromatic amines is 1. The monoisotopic (exact) mass is 275 g/mol. The maximum atomic E-state index is 5.41. The van der Waals surface area contributed by atoms with E-state index in [4.69, 9.17) is 9.47 Å². The van der Waals surface area contributed by atoms with Crippen LogP contribution in [0.1, 0.15) is 19.2 Å². The quantitative estimate of drug-likeness (QED) is 0.763. The largest absolute Gasteiger partial charge is 0.497 e. The number of ether oxygens (including phenoxy) is 2. The Hall–Kier alpha value is -2.01. The topological polar surface area (TPSA) is 59.2 Å². The molecule has 2 rings (SSSR count). The van der Waals surface area contributed by atoms with Crippen molar-refractivity contribution >= 4 is 0 Å². The van der Waals surface area contributed by atoms with Crippen LogP contribution >= 0.6 is 0 Å². The Kier molecular flexibility index (Phi) is 5.01. The molecule has 108 valence electrons. The number of H-pyrrole nitrogens is 1. The van der Waals surface area contributed by atoms with Crippen molar-refractivity contribution in [2.45, 2.75) is 19.9 Å². The molecule has 1 aromatic heterocycles. The fourth-order valence-electron chi connectivity index (χ4n) is 1.99. The van der Waals surface area contributed by atoms with Crippen molar-refractivity contribution in [2.24, 2.45) is 0 Å². The van der Waals surface area contributed by atoms with E-state index in [1.54, 1.807) is 14.2 Å². The van der Waals surface area contributed by atoms with Crippen LogP contribution in [0.25, 0.3) is 11.3 Å². The van der Waals surface area contributed by atoms with E-state index < -0.39 is 0 Å². The molecule has 0 unspecified atom stereocenters. The van der Waals surface area contributed by atoms with E-state index in [2.05, 4.69) is 22.2 Å². The second-order valence-electron chi connectivity index (χ2n) is 4.49. The van der Waals surface area contributed by atoms with Gasteiger partial charge in [0.25, 0.3) is 0 Å². The van der Waals surface area contributed by atoms with Gasteiger partial charge in [0.1, 0.15) is 17.3 Å². The lowest BCUT2D eigenvalue weighted by Crippen LogP contribution is -2.14. The summed E-state index contributed by atoms with van der Waals surface area (Å²) < 4.78 is 10.6. The molecule has 1 heterocycles. The zero-order valence-corrected chi connectivity index (χ0v) is 12.2. The van der Waals surface area contributed by atoms with Gasteiger partial charge in [-0.15, -0.1) is 0 Å². The number of nitrogens with zero attached hydrogens (tertiary/aromatic N) is 1. The van der Waals surface area contributed by atoms with E-state index in [1.165, 1.54) is 0 Å². The fraction of sp³-hybridized carbons (Fsp3) is 0.400. The molecule has 0 atom stereocenters. The Bertz CT molecular complexity index is 552. The zero-order chi connectivity index (χ0) is 14.4. The Morgan fingerprint density at radius 1 is 1.25 bits per heavy atom. The summed E-state index contributed by atoms with van der Waals surface area (Å²) in [7, 11) is 3.29. The third kappa shape index (κ3) is 3.30. The van der Waals surface area contributed by atoms with Gasteiger partial charge in [0.2, 0.25) is 0 Å². The summed E-state index contributed by atoms with van der Waals surface area (Å²) in [6.07, 6.45) is 2.94. The molecular weight excluding hydrogens is 254 g/mol. The van der Waals surface area contributed by atoms with Gasteiger partial charge in [0.05, 0.1) is 32.7 Å². The first-order valence-corrected chi connectivity index (χ1v) is 6.75. The average molecular weight is 275 g/mol. The van der Waals surface area contributed by atoms with Crippen LogP contribution in [0.15, 0.2) is 24.4 Å². The molecule has 0 fully saturated rings. The highest BCUT2D eigenvalue weighted by molar-refractivity contribution is 5.68. The van der Waals surface area contributed by atoms with E-state index >= 15 is 0 Å². The number of hydrogen-bond acceptors (Lipinski definition) is 4. The minimum Gasteiger partial charge on any atom is -0.497 e. The van der Waals surface area contributed by atoms with Crippen molar-refractivity contribution in [3.63, 3.8) is 0 Å². The second-order valence-corrected chi connectivity index (χ2v) is 4.49. The number of nitrogens with one attached hydrogen (secondary N) is 2. The van der Waals surface area contributed by atoms with Gasteiger partial charge in [0.15, 0.2) is 0 Å². The van der Waals surface area contributed by atoms with Crippen molar-refractivity contribution in [3.05, 3.63) is 30.2 Å². The fourth-order valence-corrected chi connectivity index (χ4v) is 1.99. The first-order chi connectivity index (χ1) is 9.78. The normalized spacial score (nSPS) is 10.6. The minimum absolute atomic E-state index is 0.742. The third-order valence-electron chi connectivity index (χ3n) is 3.05. The Balaban J connectivity index is 2.18. The van der Waals surface area contributed by atoms with Crippen LogP contribution in [-0.2, 0) is 6.54 Å². The maximum absolute atomic E-state index is 5.41. The maximum Gasteiger partial charge on any atom is 0.131 e. The van der Waals surface area contributed by atoms with Crippen LogP contribution in [0.3, 0.4) is 0 Å². The lowest BCUT2D eigenvalue weighted by Gasteiger charge is -2.08. The predicted molar refractivity (Wildman–Crippen MR) is 79.1 cm³/mol. The average Bonchev–Trinajstić information content (AvgIpc) is 2.95. The first-order valence-electron chi connectivity index (χ1n) is 6.75. The summed E-state index contributed by atoms with van der Waals surface area (Å²) in [6, 6.07) is 5.74. The molecule has 20 heavy (non-hydrogen) atoms. The molecule has 0 saturated heterocycles. The number of aromatic nitrogens is 2. The summed E-state index contributed by atoms with van der Waals surface area (Å²) in [4.78, 5) is 7.68. The van der Waals surface area contributed by atoms with Crippen LogP contribution in [-0.4, -0.2) is 30.7 Å². The number of methoxy groups -OCH3 is 2. The summed E-state index contributed by atoms with van der Waals surface area (Å²) in [5.74, 6) is 2.46. The molecule has 5 nitrogen and oxygen atoms in total. The standard InChI is InChI=1S/C15H21N3O2/c1-4-7-16-10-15-17-9-13(18-15)12-6-5-11(19-2)8-14(12)20-3/h5-6,8-9,16H,4,7,10H2,1-3H3,(H,17,18). The SMILES string of the molecule is CCCNCc1ncc(-c2ccc(OC)cc2OC)[nH]1. The van der Waals surface area contributed by atoms with E-state index in [0.717, 1.165) is 48.1 Å². The molecule has 0 spiro atoms. The highest BCUT2D eigenvalue weighted by atomic mass is 16.5. The van der Waals surface area contributed by atoms with Crippen molar-refractivity contribution in [3.8, 4) is 22.8 Å². The lowest BCUT2D eigenvalue weighted by molar-refractivity contribution is 0.395. The summed E-state index contributed by atoms with van der Waals surface area (Å²) >= 11 is 0. The highest BCUT2D eigenvalue weighted by Gasteiger charge is 2.10. The molecule has 0 radical (unpaired) electrons. The molecule has 0 bridgehead atoms. The van der Waals surface area contributed by atoms with Crippen LogP contribution in [0.2, 0.25) is 0 Å². The van der Waals surface area contributed by atoms with E-state index in [0.29, 0.717) is 0 Å². The molecule has 0 saturated carbocycles. The number of hydrogen-bond donors (Lipinski definition) is 2. The molecule has 5 heteroatoms. The number of benzene rings is 1. The van der Waals surface area contributed by atoms with Gasteiger partial charge in [-0.2, -0.15) is 0 Å². The Labute approximate surface area is 119 Å². The number of imidazole rings is 1. The van der Waals surface area contributed by atoms with Crippen LogP contribution < -0.4 is 14.8 Å². The third-order valence-corrected chi connectivity index (χ3v) is 3.05. The minimum atomic E-state index is 0.742. The van der Waals surface area contributed by atoms with E-state index in [9.17, 15) is 0 Å². The highest BCUT2D eigenvalue weighted by Crippen LogP contribution is 2.32. The van der Waals surface area contributed by atoms with Crippen molar-refractivity contribution in [2.75, 3.05) is 20.8 Å². The summed E-state index contributed by atoms with van der Waals surface area (Å²) in [5, 5.41) is 3.32. The molecule has 2 N–H and O–H groups in total. The Morgan fingerprint density at radius 2 is 2.10 bits per heavy atom. The molecule has 2 aromatic rings. The molecule has 0 amide bonds. The van der Waals surface area contributed by atoms with Crippen molar-refractivity contribution in [1.29, 1.82) is 0 Å². The van der Waals surface area contributed by atoms with Gasteiger partial charge in [-0.25, -0.2) is 4.98 Å². The number of rotatable bonds is 7. The summed E-state index contributed by atoms with van der Waals surface area (Å²) in [5.41, 5.74) is 1.92. The molecular formula is C15H21N3O2. The molecule has 0 aliphatic heterocycles. The van der Waals surface area contributed by atoms with Gasteiger partial charge < -0.3 is 19.8 Å². The van der Waals surface area contributed by atoms with Crippen molar-refractivity contribution in [1.82, 2.24) is 15.3 Å². The van der Waals surface area contributed by atoms with Crippen LogP contribution in [0, 0.1) is 0 Å². The summed E-state index contributed by atoms with van der Waals surface area (Å²) in [6.45, 7) is 3.87. The second kappa shape index (κ2) is 6.96. The molecule has 0 aliphatic carbocycles. The van der Waals surface area contributed by atoms with Gasteiger partial charge in [0, 0.05) is 11.6 Å². The van der Waals surface area contributed by atoms with Gasteiger partial charge in [-0.3, -0.25) is 0 Å². The molecule has 1 aromatic carbocycles. The van der Waals surface area contributed by atoms with Crippen molar-refractivity contribution < 1.29 is 9.47 Å². The van der Waals surface area contributed by atoms with Crippen LogP contribution in [0.5, 0.6) is 11.5 Å². The first kappa shape index (κ1) is 14.4. The van der Waals surface area contributed by atoms with Gasteiger partial charge in [-0.1, -0.05) is 6.92 Å². The van der Waals surface area contributed by atoms with E-state index in [-0.39, 0.29) is 0 Å². The molecule has 0 aliphatic rings. The van der Waals surface area contributed by atoms with Crippen LogP contribution in [0.4, 0.5) is 0 Å². The van der Waals surface area contributed by atoms with Gasteiger partial charge >= 0.3 is 0 Å². The lowest BCUT2D eigenvalue weighted by atomic mass is 10.1.